The molecule has 0 aromatic rings. The molecule has 6 heteroatoms. The van der Waals surface area contributed by atoms with E-state index in [9.17, 15) is 4.79 Å². The molecule has 0 saturated heterocycles. The molecule has 1 atom stereocenters. The normalized spacial score (nSPS) is 21.2. The van der Waals surface area contributed by atoms with Crippen molar-refractivity contribution in [3.63, 3.8) is 0 Å². The zero-order chi connectivity index (χ0) is 9.84. The molecule has 0 bridgehead atoms. The van der Waals surface area contributed by atoms with Crippen LogP contribution < -0.4 is 0 Å². The highest BCUT2D eigenvalue weighted by Gasteiger charge is 2.29. The Labute approximate surface area is 85.8 Å². The van der Waals surface area contributed by atoms with E-state index in [1.165, 1.54) is 0 Å². The fourth-order valence-corrected chi connectivity index (χ4v) is 1.11. The molecule has 4 nitrogen and oxygen atoms in total. The van der Waals surface area contributed by atoms with Gasteiger partial charge in [0.15, 0.2) is 10.9 Å². The summed E-state index contributed by atoms with van der Waals surface area (Å²) in [5, 5.41) is 0. The lowest BCUT2D eigenvalue weighted by Crippen LogP contribution is -2.22. The molecule has 0 radical (unpaired) electrons. The van der Waals surface area contributed by atoms with Crippen molar-refractivity contribution in [3.05, 3.63) is 0 Å². The van der Waals surface area contributed by atoms with E-state index in [4.69, 9.17) is 32.7 Å². The topological polar surface area (TPSA) is 47.9 Å². The lowest BCUT2D eigenvalue weighted by atomic mass is 10.3. The number of carbonyl (C=O) groups is 1. The third-order valence-corrected chi connectivity index (χ3v) is 1.79. The summed E-state index contributed by atoms with van der Waals surface area (Å²) in [7, 11) is 0. The molecule has 1 heterocycles. The van der Waals surface area contributed by atoms with Crippen LogP contribution in [0.25, 0.3) is 0 Å². The molecular weight excluding hydrogens is 217 g/mol. The van der Waals surface area contributed by atoms with Gasteiger partial charge in [0.1, 0.15) is 6.61 Å². The number of nitrogens with zero attached hydrogens (tertiary/aromatic N) is 1. The lowest BCUT2D eigenvalue weighted by Gasteiger charge is -2.03. The van der Waals surface area contributed by atoms with Crippen molar-refractivity contribution in [2.75, 3.05) is 13.2 Å². The van der Waals surface area contributed by atoms with Gasteiger partial charge in [-0.15, -0.1) is 0 Å². The lowest BCUT2D eigenvalue weighted by molar-refractivity contribution is -0.144. The zero-order valence-corrected chi connectivity index (χ0v) is 8.51. The van der Waals surface area contributed by atoms with E-state index in [1.807, 2.05) is 0 Å². The van der Waals surface area contributed by atoms with E-state index in [0.717, 1.165) is 0 Å². The highest BCUT2D eigenvalue weighted by Crippen LogP contribution is 2.14. The molecule has 1 aliphatic rings. The maximum absolute atomic E-state index is 11.1. The number of rotatable bonds is 3. The molecule has 0 aliphatic carbocycles. The van der Waals surface area contributed by atoms with Gasteiger partial charge in [-0.1, -0.05) is 23.2 Å². The van der Waals surface area contributed by atoms with Crippen LogP contribution in [-0.4, -0.2) is 36.0 Å². The highest BCUT2D eigenvalue weighted by atomic mass is 35.5. The summed E-state index contributed by atoms with van der Waals surface area (Å²) in [6.45, 7) is 2.21. The summed E-state index contributed by atoms with van der Waals surface area (Å²) >= 11 is 11.0. The molecule has 74 valence electrons. The van der Waals surface area contributed by atoms with Gasteiger partial charge in [-0.05, 0) is 6.92 Å². The van der Waals surface area contributed by atoms with Gasteiger partial charge < -0.3 is 9.47 Å². The molecule has 0 amide bonds. The number of halogens is 2. The summed E-state index contributed by atoms with van der Waals surface area (Å²) in [4.78, 5) is 14.2. The molecule has 0 spiro atoms. The van der Waals surface area contributed by atoms with E-state index >= 15 is 0 Å². The average molecular weight is 226 g/mol. The number of hydrogen-bond donors (Lipinski definition) is 0. The number of carbonyl (C=O) groups excluding carboxylic acids is 1. The smallest absolute Gasteiger partial charge is 0.334 e. The van der Waals surface area contributed by atoms with Crippen molar-refractivity contribution in [2.45, 2.75) is 17.8 Å². The van der Waals surface area contributed by atoms with Crippen LogP contribution in [0.5, 0.6) is 0 Å². The quantitative estimate of drug-likeness (QED) is 0.535. The summed E-state index contributed by atoms with van der Waals surface area (Å²) in [5.74, 6) is -0.229. The summed E-state index contributed by atoms with van der Waals surface area (Å²) in [6.07, 6.45) is 0. The largest absolute Gasteiger partial charge is 0.476 e. The third kappa shape index (κ3) is 2.74. The van der Waals surface area contributed by atoms with Gasteiger partial charge in [-0.25, -0.2) is 9.79 Å². The van der Waals surface area contributed by atoms with Crippen LogP contribution in [0.1, 0.15) is 6.92 Å². The van der Waals surface area contributed by atoms with Crippen LogP contribution in [0, 0.1) is 0 Å². The van der Waals surface area contributed by atoms with Gasteiger partial charge in [0, 0.05) is 0 Å². The molecule has 1 unspecified atom stereocenters. The average Bonchev–Trinajstić information content (AvgIpc) is 2.52. The minimum atomic E-state index is -0.820. The second-order valence-corrected chi connectivity index (χ2v) is 3.44. The van der Waals surface area contributed by atoms with E-state index < -0.39 is 16.8 Å². The van der Waals surface area contributed by atoms with Crippen LogP contribution in [0.4, 0.5) is 0 Å². The predicted octanol–water partition coefficient (Wildman–Crippen LogP) is 1.15. The SMILES string of the molecule is CCOC(=O)C1COC(C(Cl)Cl)=N1. The van der Waals surface area contributed by atoms with Gasteiger partial charge in [0.25, 0.3) is 0 Å². The molecule has 1 aliphatic heterocycles. The molecule has 13 heavy (non-hydrogen) atoms. The van der Waals surface area contributed by atoms with Gasteiger partial charge in [0.05, 0.1) is 6.61 Å². The maximum atomic E-state index is 11.1. The van der Waals surface area contributed by atoms with E-state index in [2.05, 4.69) is 4.99 Å². The van der Waals surface area contributed by atoms with Crippen LogP contribution in [-0.2, 0) is 14.3 Å². The fourth-order valence-electron chi connectivity index (χ4n) is 0.871. The fraction of sp³-hybridized carbons (Fsp3) is 0.714. The van der Waals surface area contributed by atoms with E-state index in [-0.39, 0.29) is 12.5 Å². The van der Waals surface area contributed by atoms with Crippen molar-refractivity contribution in [1.29, 1.82) is 0 Å². The highest BCUT2D eigenvalue weighted by molar-refractivity contribution is 6.53. The van der Waals surface area contributed by atoms with Gasteiger partial charge >= 0.3 is 5.97 Å². The molecule has 0 aromatic heterocycles. The second-order valence-electron chi connectivity index (χ2n) is 2.35. The zero-order valence-electron chi connectivity index (χ0n) is 7.00. The first-order valence-electron chi connectivity index (χ1n) is 3.80. The van der Waals surface area contributed by atoms with Crippen LogP contribution in [0.2, 0.25) is 0 Å². The molecule has 0 aromatic carbocycles. The third-order valence-electron chi connectivity index (χ3n) is 1.42. The van der Waals surface area contributed by atoms with Gasteiger partial charge in [-0.3, -0.25) is 0 Å². The Hall–Kier alpha value is -0.480. The van der Waals surface area contributed by atoms with Crippen LogP contribution >= 0.6 is 23.2 Å². The van der Waals surface area contributed by atoms with Crippen molar-refractivity contribution in [3.8, 4) is 0 Å². The molecule has 0 fully saturated rings. The second kappa shape index (κ2) is 4.67. The van der Waals surface area contributed by atoms with Crippen LogP contribution in [0.3, 0.4) is 0 Å². The van der Waals surface area contributed by atoms with E-state index in [0.29, 0.717) is 6.61 Å². The van der Waals surface area contributed by atoms with Crippen molar-refractivity contribution >= 4 is 35.1 Å². The molecule has 0 N–H and O–H groups in total. The number of alkyl halides is 2. The summed E-state index contributed by atoms with van der Waals surface area (Å²) in [6, 6.07) is -0.616. The minimum absolute atomic E-state index is 0.157. The number of esters is 1. The monoisotopic (exact) mass is 225 g/mol. The first kappa shape index (κ1) is 10.6. The standard InChI is InChI=1S/C7H9Cl2NO3/c1-2-12-7(11)4-3-13-6(10-4)5(8)9/h4-5H,2-3H2,1H3. The van der Waals surface area contributed by atoms with Crippen molar-refractivity contribution < 1.29 is 14.3 Å². The Morgan fingerprint density at radius 3 is 3.00 bits per heavy atom. The Balaban J connectivity index is 2.52. The first-order chi connectivity index (χ1) is 6.15. The van der Waals surface area contributed by atoms with Gasteiger partial charge in [-0.2, -0.15) is 0 Å². The number of ether oxygens (including phenoxy) is 2. The minimum Gasteiger partial charge on any atom is -0.476 e. The first-order valence-corrected chi connectivity index (χ1v) is 4.67. The Kier molecular flexibility index (Phi) is 3.81. The summed E-state index contributed by atoms with van der Waals surface area (Å²) < 4.78 is 9.72. The van der Waals surface area contributed by atoms with Gasteiger partial charge in [0.2, 0.25) is 5.90 Å². The molecular formula is C7H9Cl2NO3. The molecule has 0 saturated carbocycles. The summed E-state index contributed by atoms with van der Waals surface area (Å²) in [5.41, 5.74) is 0. The Morgan fingerprint density at radius 2 is 2.54 bits per heavy atom. The number of aliphatic imine (C=N–C) groups is 1. The Bertz CT molecular complexity index is 230. The van der Waals surface area contributed by atoms with Crippen molar-refractivity contribution in [1.82, 2.24) is 0 Å². The van der Waals surface area contributed by atoms with Crippen molar-refractivity contribution in [2.24, 2.45) is 4.99 Å². The molecule has 1 rings (SSSR count). The maximum Gasteiger partial charge on any atom is 0.334 e. The Morgan fingerprint density at radius 1 is 1.85 bits per heavy atom. The van der Waals surface area contributed by atoms with Crippen LogP contribution in [0.15, 0.2) is 4.99 Å². The van der Waals surface area contributed by atoms with E-state index in [1.54, 1.807) is 6.92 Å². The number of hydrogen-bond acceptors (Lipinski definition) is 4. The predicted molar refractivity (Wildman–Crippen MR) is 49.3 cm³/mol.